The number of rotatable bonds is 5. The Kier molecular flexibility index (Phi) is 4.42. The zero-order chi connectivity index (χ0) is 15.5. The SMILES string of the molecule is Nc1ccc(CNc2ccccc2S(=O)(=O)C(F)F)cc1. The predicted octanol–water partition coefficient (Wildman–Crippen LogP) is 2.88. The molecular formula is C14H14F2N2O2S. The Morgan fingerprint density at radius 2 is 1.67 bits per heavy atom. The summed E-state index contributed by atoms with van der Waals surface area (Å²) in [6, 6.07) is 12.6. The van der Waals surface area contributed by atoms with Crippen molar-refractivity contribution in [2.24, 2.45) is 0 Å². The number of hydrogen-bond acceptors (Lipinski definition) is 4. The Balaban J connectivity index is 2.23. The lowest BCUT2D eigenvalue weighted by Crippen LogP contribution is -2.14. The zero-order valence-corrected chi connectivity index (χ0v) is 11.8. The van der Waals surface area contributed by atoms with Crippen LogP contribution in [0.4, 0.5) is 20.2 Å². The van der Waals surface area contributed by atoms with Gasteiger partial charge in [0.1, 0.15) is 0 Å². The number of alkyl halides is 2. The molecule has 0 saturated carbocycles. The lowest BCUT2D eigenvalue weighted by atomic mass is 10.2. The van der Waals surface area contributed by atoms with E-state index in [2.05, 4.69) is 5.32 Å². The Bertz CT molecular complexity index is 716. The normalized spacial score (nSPS) is 11.6. The van der Waals surface area contributed by atoms with Gasteiger partial charge in [-0.15, -0.1) is 0 Å². The van der Waals surface area contributed by atoms with Crippen LogP contribution in [0.5, 0.6) is 0 Å². The van der Waals surface area contributed by atoms with Crippen LogP contribution in [0.3, 0.4) is 0 Å². The van der Waals surface area contributed by atoms with Crippen molar-refractivity contribution in [3.8, 4) is 0 Å². The number of nitrogen functional groups attached to an aromatic ring is 1. The summed E-state index contributed by atoms with van der Waals surface area (Å²) in [4.78, 5) is -0.407. The topological polar surface area (TPSA) is 72.2 Å². The summed E-state index contributed by atoms with van der Waals surface area (Å²) in [6.45, 7) is 0.302. The molecule has 0 heterocycles. The molecule has 2 aromatic rings. The van der Waals surface area contributed by atoms with Crippen LogP contribution in [0, 0.1) is 0 Å². The van der Waals surface area contributed by atoms with Crippen molar-refractivity contribution in [2.45, 2.75) is 17.2 Å². The highest BCUT2D eigenvalue weighted by Crippen LogP contribution is 2.26. The molecule has 0 aliphatic rings. The average molecular weight is 312 g/mol. The minimum absolute atomic E-state index is 0.148. The van der Waals surface area contributed by atoms with E-state index in [0.29, 0.717) is 12.2 Å². The molecule has 0 unspecified atom stereocenters. The van der Waals surface area contributed by atoms with Crippen LogP contribution in [-0.4, -0.2) is 14.2 Å². The van der Waals surface area contributed by atoms with Crippen molar-refractivity contribution in [1.82, 2.24) is 0 Å². The van der Waals surface area contributed by atoms with E-state index in [1.165, 1.54) is 12.1 Å². The molecule has 2 aromatic carbocycles. The zero-order valence-electron chi connectivity index (χ0n) is 11.0. The molecule has 4 nitrogen and oxygen atoms in total. The second-order valence-corrected chi connectivity index (χ2v) is 6.28. The van der Waals surface area contributed by atoms with E-state index in [9.17, 15) is 17.2 Å². The third kappa shape index (κ3) is 3.49. The van der Waals surface area contributed by atoms with Crippen molar-refractivity contribution >= 4 is 21.2 Å². The Morgan fingerprint density at radius 1 is 1.05 bits per heavy atom. The molecule has 0 aromatic heterocycles. The van der Waals surface area contributed by atoms with Crippen LogP contribution in [0.1, 0.15) is 5.56 Å². The van der Waals surface area contributed by atoms with Gasteiger partial charge in [0.15, 0.2) is 0 Å². The Hall–Kier alpha value is -2.15. The number of anilines is 2. The van der Waals surface area contributed by atoms with Crippen LogP contribution < -0.4 is 11.1 Å². The monoisotopic (exact) mass is 312 g/mol. The van der Waals surface area contributed by atoms with E-state index in [0.717, 1.165) is 11.6 Å². The van der Waals surface area contributed by atoms with Gasteiger partial charge in [0, 0.05) is 12.2 Å². The fourth-order valence-electron chi connectivity index (χ4n) is 1.79. The number of para-hydroxylation sites is 1. The number of benzene rings is 2. The Morgan fingerprint density at radius 3 is 2.29 bits per heavy atom. The molecular weight excluding hydrogens is 298 g/mol. The minimum Gasteiger partial charge on any atom is -0.399 e. The second-order valence-electron chi connectivity index (χ2n) is 4.40. The van der Waals surface area contributed by atoms with Crippen LogP contribution in [0.25, 0.3) is 0 Å². The third-order valence-corrected chi connectivity index (χ3v) is 4.33. The molecule has 0 saturated heterocycles. The summed E-state index contributed by atoms with van der Waals surface area (Å²) in [5.74, 6) is -3.45. The number of nitrogens with one attached hydrogen (secondary N) is 1. The highest BCUT2D eigenvalue weighted by molar-refractivity contribution is 7.91. The molecule has 0 spiro atoms. The largest absolute Gasteiger partial charge is 0.399 e. The summed E-state index contributed by atoms with van der Waals surface area (Å²) >= 11 is 0. The number of nitrogens with two attached hydrogens (primary N) is 1. The van der Waals surface area contributed by atoms with E-state index in [-0.39, 0.29) is 5.69 Å². The van der Waals surface area contributed by atoms with Gasteiger partial charge in [0.05, 0.1) is 10.6 Å². The van der Waals surface area contributed by atoms with E-state index in [1.54, 1.807) is 30.3 Å². The maximum absolute atomic E-state index is 12.7. The lowest BCUT2D eigenvalue weighted by Gasteiger charge is -2.12. The van der Waals surface area contributed by atoms with Gasteiger partial charge in [0.25, 0.3) is 0 Å². The second kappa shape index (κ2) is 6.09. The average Bonchev–Trinajstić information content (AvgIpc) is 2.47. The molecule has 0 fully saturated rings. The first kappa shape index (κ1) is 15.2. The fourth-order valence-corrected chi connectivity index (χ4v) is 2.70. The first-order valence-electron chi connectivity index (χ1n) is 6.10. The fraction of sp³-hybridized carbons (Fsp3) is 0.143. The highest BCUT2D eigenvalue weighted by atomic mass is 32.2. The van der Waals surface area contributed by atoms with Gasteiger partial charge in [-0.2, -0.15) is 8.78 Å². The summed E-state index contributed by atoms with van der Waals surface area (Å²) in [6.07, 6.45) is 0. The van der Waals surface area contributed by atoms with Crippen LogP contribution in [0.2, 0.25) is 0 Å². The quantitative estimate of drug-likeness (QED) is 0.833. The van der Waals surface area contributed by atoms with Crippen molar-refractivity contribution < 1.29 is 17.2 Å². The molecule has 0 aliphatic carbocycles. The van der Waals surface area contributed by atoms with Gasteiger partial charge < -0.3 is 11.1 Å². The summed E-state index contributed by atoms with van der Waals surface area (Å²) in [5.41, 5.74) is 7.18. The molecule has 2 rings (SSSR count). The molecule has 7 heteroatoms. The van der Waals surface area contributed by atoms with Crippen LogP contribution >= 0.6 is 0 Å². The Labute approximate surface area is 121 Å². The van der Waals surface area contributed by atoms with E-state index >= 15 is 0 Å². The molecule has 0 amide bonds. The number of hydrogen-bond donors (Lipinski definition) is 2. The molecule has 3 N–H and O–H groups in total. The molecule has 0 bridgehead atoms. The van der Waals surface area contributed by atoms with Crippen molar-refractivity contribution in [2.75, 3.05) is 11.1 Å². The number of halogens is 2. The minimum atomic E-state index is -4.63. The molecule has 0 aliphatic heterocycles. The molecule has 112 valence electrons. The summed E-state index contributed by atoms with van der Waals surface area (Å²) < 4.78 is 48.5. The van der Waals surface area contributed by atoms with E-state index < -0.39 is 20.5 Å². The standard InChI is InChI=1S/C14H14F2N2O2S/c15-14(16)21(19,20)13-4-2-1-3-12(13)18-9-10-5-7-11(17)8-6-10/h1-8,14,18H,9,17H2. The first-order valence-corrected chi connectivity index (χ1v) is 7.65. The van der Waals surface area contributed by atoms with Gasteiger partial charge in [-0.05, 0) is 29.8 Å². The molecule has 0 radical (unpaired) electrons. The summed E-state index contributed by atoms with van der Waals surface area (Å²) in [5, 5.41) is 2.86. The summed E-state index contributed by atoms with van der Waals surface area (Å²) in [7, 11) is -4.63. The predicted molar refractivity (Wildman–Crippen MR) is 77.8 cm³/mol. The maximum atomic E-state index is 12.7. The van der Waals surface area contributed by atoms with Gasteiger partial charge in [0.2, 0.25) is 9.84 Å². The van der Waals surface area contributed by atoms with E-state index in [1.807, 2.05) is 0 Å². The lowest BCUT2D eigenvalue weighted by molar-refractivity contribution is 0.235. The number of sulfone groups is 1. The molecule has 0 atom stereocenters. The van der Waals surface area contributed by atoms with Gasteiger partial charge in [-0.25, -0.2) is 8.42 Å². The highest BCUT2D eigenvalue weighted by Gasteiger charge is 2.28. The van der Waals surface area contributed by atoms with Crippen LogP contribution in [0.15, 0.2) is 53.4 Å². The van der Waals surface area contributed by atoms with Gasteiger partial charge in [-0.1, -0.05) is 24.3 Å². The maximum Gasteiger partial charge on any atom is 0.341 e. The van der Waals surface area contributed by atoms with Gasteiger partial charge >= 0.3 is 5.76 Å². The molecule has 21 heavy (non-hydrogen) atoms. The van der Waals surface area contributed by atoms with Crippen molar-refractivity contribution in [3.63, 3.8) is 0 Å². The third-order valence-electron chi connectivity index (χ3n) is 2.89. The van der Waals surface area contributed by atoms with Crippen LogP contribution in [-0.2, 0) is 16.4 Å². The first-order chi connectivity index (χ1) is 9.91. The van der Waals surface area contributed by atoms with E-state index in [4.69, 9.17) is 5.73 Å². The smallest absolute Gasteiger partial charge is 0.341 e. The van der Waals surface area contributed by atoms with Crippen molar-refractivity contribution in [1.29, 1.82) is 0 Å². The van der Waals surface area contributed by atoms with Gasteiger partial charge in [-0.3, -0.25) is 0 Å². The van der Waals surface area contributed by atoms with Crippen molar-refractivity contribution in [3.05, 3.63) is 54.1 Å².